The molecule has 20 heavy (non-hydrogen) atoms. The van der Waals surface area contributed by atoms with Gasteiger partial charge >= 0.3 is 5.97 Å². The van der Waals surface area contributed by atoms with Gasteiger partial charge in [-0.15, -0.1) is 0 Å². The van der Waals surface area contributed by atoms with Crippen LogP contribution in [0.2, 0.25) is 0 Å². The van der Waals surface area contributed by atoms with Crippen molar-refractivity contribution in [2.24, 2.45) is 0 Å². The minimum atomic E-state index is -3.85. The lowest BCUT2D eigenvalue weighted by Gasteiger charge is -2.10. The number of hydrogen-bond donors (Lipinski definition) is 2. The molecule has 0 amide bonds. The molecule has 1 aromatic heterocycles. The Hall–Kier alpha value is -1.42. The molecule has 0 unspecified atom stereocenters. The summed E-state index contributed by atoms with van der Waals surface area (Å²) < 4.78 is 35.7. The number of rotatable bonds is 9. The van der Waals surface area contributed by atoms with E-state index in [-0.39, 0.29) is 13.2 Å². The Bertz CT molecular complexity index is 537. The maximum absolute atomic E-state index is 11.7. The minimum Gasteiger partial charge on any atom is -0.475 e. The van der Waals surface area contributed by atoms with Crippen LogP contribution < -0.4 is 4.72 Å². The molecule has 0 saturated carbocycles. The van der Waals surface area contributed by atoms with Gasteiger partial charge in [0.1, 0.15) is 0 Å². The van der Waals surface area contributed by atoms with E-state index in [2.05, 4.69) is 4.72 Å². The van der Waals surface area contributed by atoms with Crippen LogP contribution in [0.3, 0.4) is 0 Å². The fourth-order valence-electron chi connectivity index (χ4n) is 1.25. The van der Waals surface area contributed by atoms with Crippen LogP contribution in [-0.4, -0.2) is 64.8 Å². The number of ether oxygens (including phenoxy) is 1. The molecular formula is C11H18N2O6S. The molecule has 0 spiro atoms. The smallest absolute Gasteiger partial charge is 0.371 e. The third kappa shape index (κ3) is 5.29. The van der Waals surface area contributed by atoms with E-state index in [9.17, 15) is 13.2 Å². The first-order valence-electron chi connectivity index (χ1n) is 5.88. The van der Waals surface area contributed by atoms with Gasteiger partial charge in [0.05, 0.1) is 13.2 Å². The lowest BCUT2D eigenvalue weighted by molar-refractivity contribution is 0.0656. The molecule has 1 heterocycles. The molecule has 1 aromatic rings. The van der Waals surface area contributed by atoms with E-state index in [0.29, 0.717) is 6.61 Å². The quantitative estimate of drug-likeness (QED) is 0.610. The van der Waals surface area contributed by atoms with Crippen molar-refractivity contribution in [2.75, 3.05) is 40.4 Å². The van der Waals surface area contributed by atoms with Gasteiger partial charge in [-0.25, -0.2) is 17.9 Å². The Balaban J connectivity index is 2.39. The Morgan fingerprint density at radius 2 is 2.10 bits per heavy atom. The van der Waals surface area contributed by atoms with E-state index < -0.39 is 26.8 Å². The van der Waals surface area contributed by atoms with E-state index in [4.69, 9.17) is 14.3 Å². The molecule has 9 heteroatoms. The number of carboxylic acids is 1. The normalized spacial score (nSPS) is 11.9. The van der Waals surface area contributed by atoms with Crippen LogP contribution in [0.1, 0.15) is 10.6 Å². The molecule has 0 aliphatic carbocycles. The molecule has 0 fully saturated rings. The van der Waals surface area contributed by atoms with Crippen LogP contribution in [0.4, 0.5) is 0 Å². The first-order chi connectivity index (χ1) is 9.33. The summed E-state index contributed by atoms with van der Waals surface area (Å²) in [5.74, 6) is -1.74. The Morgan fingerprint density at radius 3 is 2.65 bits per heavy atom. The van der Waals surface area contributed by atoms with Gasteiger partial charge in [-0.05, 0) is 26.2 Å². The highest BCUT2D eigenvalue weighted by Gasteiger charge is 2.20. The van der Waals surface area contributed by atoms with Gasteiger partial charge in [-0.2, -0.15) is 0 Å². The van der Waals surface area contributed by atoms with Gasteiger partial charge in [0, 0.05) is 13.1 Å². The van der Waals surface area contributed by atoms with Crippen molar-refractivity contribution >= 4 is 16.0 Å². The van der Waals surface area contributed by atoms with Crippen LogP contribution in [-0.2, 0) is 14.8 Å². The van der Waals surface area contributed by atoms with Crippen LogP contribution in [0, 0.1) is 0 Å². The van der Waals surface area contributed by atoms with E-state index in [1.807, 2.05) is 19.0 Å². The van der Waals surface area contributed by atoms with Gasteiger partial charge in [0.25, 0.3) is 10.0 Å². The Labute approximate surface area is 117 Å². The van der Waals surface area contributed by atoms with Crippen LogP contribution in [0.25, 0.3) is 0 Å². The van der Waals surface area contributed by atoms with Crippen LogP contribution >= 0.6 is 0 Å². The molecule has 0 radical (unpaired) electrons. The molecule has 0 aliphatic rings. The maximum Gasteiger partial charge on any atom is 0.371 e. The van der Waals surface area contributed by atoms with Crippen molar-refractivity contribution in [2.45, 2.75) is 5.09 Å². The van der Waals surface area contributed by atoms with Crippen LogP contribution in [0.5, 0.6) is 0 Å². The van der Waals surface area contributed by atoms with E-state index in [1.54, 1.807) is 0 Å². The van der Waals surface area contributed by atoms with Crippen molar-refractivity contribution in [1.29, 1.82) is 0 Å². The first kappa shape index (κ1) is 16.6. The SMILES string of the molecule is CN(C)CCOCCNS(=O)(=O)c1ccc(C(=O)O)o1. The number of furan rings is 1. The zero-order valence-electron chi connectivity index (χ0n) is 11.3. The summed E-state index contributed by atoms with van der Waals surface area (Å²) in [4.78, 5) is 12.5. The summed E-state index contributed by atoms with van der Waals surface area (Å²) in [5.41, 5.74) is 0. The number of aromatic carboxylic acids is 1. The number of nitrogens with one attached hydrogen (secondary N) is 1. The number of likely N-dealkylation sites (N-methyl/N-ethyl adjacent to an activating group) is 1. The second-order valence-electron chi connectivity index (χ2n) is 4.24. The Morgan fingerprint density at radius 1 is 1.40 bits per heavy atom. The lowest BCUT2D eigenvalue weighted by atomic mass is 10.5. The zero-order valence-corrected chi connectivity index (χ0v) is 12.1. The van der Waals surface area contributed by atoms with Crippen molar-refractivity contribution in [1.82, 2.24) is 9.62 Å². The average Bonchev–Trinajstić information content (AvgIpc) is 2.83. The molecule has 8 nitrogen and oxygen atoms in total. The molecule has 0 aromatic carbocycles. The second-order valence-corrected chi connectivity index (χ2v) is 5.94. The van der Waals surface area contributed by atoms with Gasteiger partial charge < -0.3 is 19.2 Å². The van der Waals surface area contributed by atoms with Crippen molar-refractivity contribution in [3.05, 3.63) is 17.9 Å². The molecule has 0 saturated heterocycles. The lowest BCUT2D eigenvalue weighted by Crippen LogP contribution is -2.28. The third-order valence-corrected chi connectivity index (χ3v) is 3.61. The summed E-state index contributed by atoms with van der Waals surface area (Å²) in [5, 5.41) is 8.22. The highest BCUT2D eigenvalue weighted by molar-refractivity contribution is 7.89. The van der Waals surface area contributed by atoms with Gasteiger partial charge in [-0.3, -0.25) is 0 Å². The number of carboxylic acid groups (broad SMARTS) is 1. The molecule has 0 aliphatic heterocycles. The number of carbonyl (C=O) groups is 1. The molecule has 0 atom stereocenters. The van der Waals surface area contributed by atoms with Gasteiger partial charge in [0.2, 0.25) is 10.9 Å². The fourth-order valence-corrected chi connectivity index (χ4v) is 2.19. The summed E-state index contributed by atoms with van der Waals surface area (Å²) in [6, 6.07) is 2.18. The second kappa shape index (κ2) is 7.39. The van der Waals surface area contributed by atoms with E-state index in [0.717, 1.165) is 18.7 Å². The number of hydrogen-bond acceptors (Lipinski definition) is 6. The molecule has 1 rings (SSSR count). The maximum atomic E-state index is 11.7. The monoisotopic (exact) mass is 306 g/mol. The van der Waals surface area contributed by atoms with E-state index in [1.165, 1.54) is 0 Å². The summed E-state index contributed by atoms with van der Waals surface area (Å²) >= 11 is 0. The number of nitrogens with zero attached hydrogens (tertiary/aromatic N) is 1. The van der Waals surface area contributed by atoms with Gasteiger partial charge in [-0.1, -0.05) is 0 Å². The zero-order chi connectivity index (χ0) is 15.2. The first-order valence-corrected chi connectivity index (χ1v) is 7.36. The van der Waals surface area contributed by atoms with Crippen LogP contribution in [0.15, 0.2) is 21.6 Å². The largest absolute Gasteiger partial charge is 0.475 e. The van der Waals surface area contributed by atoms with Crippen molar-refractivity contribution < 1.29 is 27.5 Å². The third-order valence-electron chi connectivity index (χ3n) is 2.28. The molecule has 2 N–H and O–H groups in total. The fraction of sp³-hybridized carbons (Fsp3) is 0.545. The Kier molecular flexibility index (Phi) is 6.14. The average molecular weight is 306 g/mol. The van der Waals surface area contributed by atoms with E-state index >= 15 is 0 Å². The molecular weight excluding hydrogens is 288 g/mol. The highest BCUT2D eigenvalue weighted by Crippen LogP contribution is 2.13. The predicted molar refractivity (Wildman–Crippen MR) is 70.2 cm³/mol. The number of sulfonamides is 1. The topological polar surface area (TPSA) is 109 Å². The minimum absolute atomic E-state index is 0.0822. The molecule has 0 bridgehead atoms. The highest BCUT2D eigenvalue weighted by atomic mass is 32.2. The summed E-state index contributed by atoms with van der Waals surface area (Å²) in [7, 11) is -0.0354. The summed E-state index contributed by atoms with van der Waals surface area (Å²) in [6.45, 7) is 1.55. The predicted octanol–water partition coefficient (Wildman–Crippen LogP) is -0.166. The standard InChI is InChI=1S/C11H18N2O6S/c1-13(2)6-8-18-7-5-12-20(16,17)10-4-3-9(19-10)11(14)15/h3-4,12H,5-8H2,1-2H3,(H,14,15). The van der Waals surface area contributed by atoms with Crippen molar-refractivity contribution in [3.63, 3.8) is 0 Å². The molecule has 114 valence electrons. The van der Waals surface area contributed by atoms with Gasteiger partial charge in [0.15, 0.2) is 0 Å². The van der Waals surface area contributed by atoms with Crippen molar-refractivity contribution in [3.8, 4) is 0 Å². The summed E-state index contributed by atoms with van der Waals surface area (Å²) in [6.07, 6.45) is 0.